The molecule has 2 aromatic rings. The Morgan fingerprint density at radius 2 is 1.83 bits per heavy atom. The summed E-state index contributed by atoms with van der Waals surface area (Å²) in [5, 5.41) is 20.9. The van der Waals surface area contributed by atoms with Gasteiger partial charge in [0, 0.05) is 5.69 Å². The maximum atomic E-state index is 11.8. The number of carbonyl (C=O) groups excluding carboxylic acids is 1. The number of benzene rings is 2. The Labute approximate surface area is 133 Å². The Morgan fingerprint density at radius 1 is 1.13 bits per heavy atom. The van der Waals surface area contributed by atoms with E-state index in [0.29, 0.717) is 5.75 Å². The van der Waals surface area contributed by atoms with E-state index in [2.05, 4.69) is 5.32 Å². The van der Waals surface area contributed by atoms with Crippen LogP contribution in [0.4, 0.5) is 5.69 Å². The Kier molecular flexibility index (Phi) is 5.19. The summed E-state index contributed by atoms with van der Waals surface area (Å²) < 4.78 is 5.36. The highest BCUT2D eigenvalue weighted by molar-refractivity contribution is 5.96. The first-order valence-electron chi connectivity index (χ1n) is 7.07. The third-order valence-corrected chi connectivity index (χ3v) is 3.21. The van der Waals surface area contributed by atoms with Crippen molar-refractivity contribution >= 4 is 17.6 Å². The van der Waals surface area contributed by atoms with Crippen LogP contribution in [0.3, 0.4) is 0 Å². The van der Waals surface area contributed by atoms with Crippen LogP contribution < -0.4 is 10.1 Å². The number of nitrogens with one attached hydrogen (secondary N) is 1. The van der Waals surface area contributed by atoms with Crippen molar-refractivity contribution in [3.8, 4) is 11.5 Å². The number of anilines is 1. The number of phenols is 1. The molecule has 0 radical (unpaired) electrons. The number of hydrogen-bond acceptors (Lipinski definition) is 4. The Morgan fingerprint density at radius 3 is 2.43 bits per heavy atom. The Hall–Kier alpha value is -3.02. The number of aromatic hydroxyl groups is 1. The van der Waals surface area contributed by atoms with Gasteiger partial charge >= 0.3 is 5.97 Å². The van der Waals surface area contributed by atoms with Crippen LogP contribution in [0, 0.1) is 0 Å². The van der Waals surface area contributed by atoms with Crippen LogP contribution in [0.2, 0.25) is 0 Å². The zero-order valence-corrected chi connectivity index (χ0v) is 12.6. The maximum absolute atomic E-state index is 11.8. The largest absolute Gasteiger partial charge is 0.507 e. The molecule has 0 spiro atoms. The smallest absolute Gasteiger partial charge is 0.339 e. The lowest BCUT2D eigenvalue weighted by Crippen LogP contribution is -2.20. The molecule has 0 aliphatic rings. The van der Waals surface area contributed by atoms with Crippen molar-refractivity contribution in [3.05, 3.63) is 53.6 Å². The summed E-state index contributed by atoms with van der Waals surface area (Å²) in [6.45, 7) is 1.85. The van der Waals surface area contributed by atoms with E-state index in [1.807, 2.05) is 19.1 Å². The third-order valence-electron chi connectivity index (χ3n) is 3.21. The number of aromatic carboxylic acids is 1. The maximum Gasteiger partial charge on any atom is 0.339 e. The fourth-order valence-electron chi connectivity index (χ4n) is 1.95. The van der Waals surface area contributed by atoms with Crippen molar-refractivity contribution in [2.45, 2.75) is 13.3 Å². The number of hydrogen-bond donors (Lipinski definition) is 3. The SMILES string of the molecule is CCc1ccc(OCC(=O)Nc2ccc(O)c(C(=O)O)c2)cc1. The van der Waals surface area contributed by atoms with Crippen LogP contribution in [0.5, 0.6) is 11.5 Å². The quantitative estimate of drug-likeness (QED) is 0.712. The average molecular weight is 315 g/mol. The monoisotopic (exact) mass is 315 g/mol. The third kappa shape index (κ3) is 4.47. The highest BCUT2D eigenvalue weighted by Gasteiger charge is 2.11. The van der Waals surface area contributed by atoms with Gasteiger partial charge in [0.15, 0.2) is 6.61 Å². The Bertz CT molecular complexity index is 709. The first-order valence-corrected chi connectivity index (χ1v) is 7.07. The van der Waals surface area contributed by atoms with E-state index >= 15 is 0 Å². The van der Waals surface area contributed by atoms with Crippen LogP contribution in [0.15, 0.2) is 42.5 Å². The van der Waals surface area contributed by atoms with E-state index < -0.39 is 11.9 Å². The molecule has 0 saturated carbocycles. The van der Waals surface area contributed by atoms with E-state index in [9.17, 15) is 14.7 Å². The number of aryl methyl sites for hydroxylation is 1. The summed E-state index contributed by atoms with van der Waals surface area (Å²) in [6.07, 6.45) is 0.924. The summed E-state index contributed by atoms with van der Waals surface area (Å²) in [6, 6.07) is 11.2. The molecular formula is C17H17NO5. The zero-order chi connectivity index (χ0) is 16.8. The molecule has 0 aromatic heterocycles. The van der Waals surface area contributed by atoms with E-state index in [0.717, 1.165) is 6.42 Å². The molecule has 0 saturated heterocycles. The number of ether oxygens (including phenoxy) is 1. The molecule has 0 heterocycles. The van der Waals surface area contributed by atoms with Crippen LogP contribution in [0.1, 0.15) is 22.8 Å². The van der Waals surface area contributed by atoms with Crippen molar-refractivity contribution in [3.63, 3.8) is 0 Å². The lowest BCUT2D eigenvalue weighted by atomic mass is 10.2. The van der Waals surface area contributed by atoms with Crippen molar-refractivity contribution in [2.24, 2.45) is 0 Å². The second-order valence-corrected chi connectivity index (χ2v) is 4.87. The van der Waals surface area contributed by atoms with Gasteiger partial charge < -0.3 is 20.3 Å². The predicted octanol–water partition coefficient (Wildman–Crippen LogP) is 2.67. The van der Waals surface area contributed by atoms with Gasteiger partial charge in [0.25, 0.3) is 5.91 Å². The lowest BCUT2D eigenvalue weighted by molar-refractivity contribution is -0.118. The van der Waals surface area contributed by atoms with Crippen molar-refractivity contribution in [1.82, 2.24) is 0 Å². The van der Waals surface area contributed by atoms with Gasteiger partial charge in [-0.05, 0) is 42.3 Å². The molecule has 0 bridgehead atoms. The van der Waals surface area contributed by atoms with Gasteiger partial charge in [0.1, 0.15) is 17.1 Å². The number of amides is 1. The molecule has 0 fully saturated rings. The second-order valence-electron chi connectivity index (χ2n) is 4.87. The standard InChI is InChI=1S/C17H17NO5/c1-2-11-3-6-13(7-4-11)23-10-16(20)18-12-5-8-15(19)14(9-12)17(21)22/h3-9,19H,2,10H2,1H3,(H,18,20)(H,21,22). The summed E-state index contributed by atoms with van der Waals surface area (Å²) in [5.41, 5.74) is 1.17. The number of carboxylic acid groups (broad SMARTS) is 1. The second kappa shape index (κ2) is 7.31. The zero-order valence-electron chi connectivity index (χ0n) is 12.6. The number of rotatable bonds is 6. The van der Waals surface area contributed by atoms with E-state index in [-0.39, 0.29) is 23.6 Å². The normalized spacial score (nSPS) is 10.1. The molecular weight excluding hydrogens is 298 g/mol. The molecule has 0 unspecified atom stereocenters. The fourth-order valence-corrected chi connectivity index (χ4v) is 1.95. The lowest BCUT2D eigenvalue weighted by Gasteiger charge is -2.09. The minimum Gasteiger partial charge on any atom is -0.507 e. The van der Waals surface area contributed by atoms with Gasteiger partial charge in [0.05, 0.1) is 0 Å². The van der Waals surface area contributed by atoms with Crippen molar-refractivity contribution in [1.29, 1.82) is 0 Å². The van der Waals surface area contributed by atoms with Crippen LogP contribution in [0.25, 0.3) is 0 Å². The highest BCUT2D eigenvalue weighted by Crippen LogP contribution is 2.21. The fraction of sp³-hybridized carbons (Fsp3) is 0.176. The molecule has 6 nitrogen and oxygen atoms in total. The average Bonchev–Trinajstić information content (AvgIpc) is 2.55. The van der Waals surface area contributed by atoms with Gasteiger partial charge in [-0.3, -0.25) is 4.79 Å². The van der Waals surface area contributed by atoms with E-state index in [1.165, 1.54) is 23.8 Å². The Balaban J connectivity index is 1.94. The summed E-state index contributed by atoms with van der Waals surface area (Å²) in [7, 11) is 0. The first-order chi connectivity index (χ1) is 11.0. The van der Waals surface area contributed by atoms with Crippen LogP contribution in [-0.4, -0.2) is 28.7 Å². The molecule has 6 heteroatoms. The molecule has 2 aromatic carbocycles. The van der Waals surface area contributed by atoms with Gasteiger partial charge in [-0.1, -0.05) is 19.1 Å². The molecule has 2 rings (SSSR count). The molecule has 1 amide bonds. The molecule has 23 heavy (non-hydrogen) atoms. The topological polar surface area (TPSA) is 95.9 Å². The first kappa shape index (κ1) is 16.4. The van der Waals surface area contributed by atoms with Gasteiger partial charge in [-0.25, -0.2) is 4.79 Å². The van der Waals surface area contributed by atoms with Crippen LogP contribution in [-0.2, 0) is 11.2 Å². The molecule has 0 atom stereocenters. The summed E-state index contributed by atoms with van der Waals surface area (Å²) in [5.74, 6) is -1.48. The highest BCUT2D eigenvalue weighted by atomic mass is 16.5. The minimum absolute atomic E-state index is 0.200. The molecule has 0 aliphatic carbocycles. The number of carbonyl (C=O) groups is 2. The van der Waals surface area contributed by atoms with Crippen molar-refractivity contribution in [2.75, 3.05) is 11.9 Å². The summed E-state index contributed by atoms with van der Waals surface area (Å²) >= 11 is 0. The van der Waals surface area contributed by atoms with Crippen LogP contribution >= 0.6 is 0 Å². The summed E-state index contributed by atoms with van der Waals surface area (Å²) in [4.78, 5) is 22.8. The van der Waals surface area contributed by atoms with Gasteiger partial charge in [-0.15, -0.1) is 0 Å². The van der Waals surface area contributed by atoms with E-state index in [1.54, 1.807) is 12.1 Å². The van der Waals surface area contributed by atoms with E-state index in [4.69, 9.17) is 9.84 Å². The van der Waals surface area contributed by atoms with Crippen molar-refractivity contribution < 1.29 is 24.5 Å². The predicted molar refractivity (Wildman–Crippen MR) is 85.0 cm³/mol. The minimum atomic E-state index is -1.27. The molecule has 0 aliphatic heterocycles. The van der Waals surface area contributed by atoms with Gasteiger partial charge in [-0.2, -0.15) is 0 Å². The molecule has 120 valence electrons. The molecule has 3 N–H and O–H groups in total. The van der Waals surface area contributed by atoms with Gasteiger partial charge in [0.2, 0.25) is 0 Å². The number of carboxylic acids is 1.